The summed E-state index contributed by atoms with van der Waals surface area (Å²) in [5.74, 6) is 0. The number of hydrogen-bond acceptors (Lipinski definition) is 5. The van der Waals surface area contributed by atoms with Crippen LogP contribution in [0.1, 0.15) is 68.7 Å². The lowest BCUT2D eigenvalue weighted by Crippen LogP contribution is -2.50. The number of nitrogens with one attached hydrogen (secondary N) is 1. The second kappa shape index (κ2) is 12.2. The molecule has 0 saturated carbocycles. The Morgan fingerprint density at radius 1 is 1.00 bits per heavy atom. The minimum absolute atomic E-state index is 0.243. The van der Waals surface area contributed by atoms with E-state index in [9.17, 15) is 13.2 Å². The van der Waals surface area contributed by atoms with Gasteiger partial charge in [-0.05, 0) is 62.0 Å². The van der Waals surface area contributed by atoms with Crippen LogP contribution in [0.25, 0.3) is 0 Å². The molecule has 1 amide bonds. The number of alkyl carbamates (subject to hydrolysis) is 1. The van der Waals surface area contributed by atoms with Crippen LogP contribution in [0.3, 0.4) is 0 Å². The Morgan fingerprint density at radius 3 is 1.97 bits per heavy atom. The summed E-state index contributed by atoms with van der Waals surface area (Å²) in [6.45, 7) is 18.9. The van der Waals surface area contributed by atoms with Gasteiger partial charge in [0.1, 0.15) is 5.60 Å². The summed E-state index contributed by atoms with van der Waals surface area (Å²) in [4.78, 5) is 12.3. The van der Waals surface area contributed by atoms with Gasteiger partial charge in [-0.2, -0.15) is 0 Å². The Morgan fingerprint density at radius 2 is 1.52 bits per heavy atom. The lowest BCUT2D eigenvalue weighted by Gasteiger charge is -2.44. The summed E-state index contributed by atoms with van der Waals surface area (Å²) in [6, 6.07) is 8.34. The lowest BCUT2D eigenvalue weighted by molar-refractivity contribution is 0.0522. The lowest BCUT2D eigenvalue weighted by atomic mass is 10.2. The molecule has 0 fully saturated rings. The maximum atomic E-state index is 12.8. The van der Waals surface area contributed by atoms with Gasteiger partial charge in [-0.1, -0.05) is 59.7 Å². The van der Waals surface area contributed by atoms with Gasteiger partial charge in [-0.3, -0.25) is 0 Å². The van der Waals surface area contributed by atoms with Crippen molar-refractivity contribution in [2.45, 2.75) is 102 Å². The first-order chi connectivity index (χ1) is 15.1. The monoisotopic (exact) mass is 497 g/mol. The van der Waals surface area contributed by atoms with E-state index in [-0.39, 0.29) is 4.90 Å². The molecule has 0 aliphatic carbocycles. The van der Waals surface area contributed by atoms with Gasteiger partial charge in [-0.25, -0.2) is 13.2 Å². The second-order valence-corrected chi connectivity index (χ2v) is 17.6. The minimum Gasteiger partial charge on any atom is -0.444 e. The van der Waals surface area contributed by atoms with Gasteiger partial charge in [0.25, 0.3) is 0 Å². The van der Waals surface area contributed by atoms with E-state index in [4.69, 9.17) is 9.16 Å². The van der Waals surface area contributed by atoms with E-state index in [0.717, 1.165) is 0 Å². The van der Waals surface area contributed by atoms with Gasteiger partial charge in [-0.15, -0.1) is 0 Å². The molecule has 0 aromatic heterocycles. The van der Waals surface area contributed by atoms with Crippen LogP contribution in [0.5, 0.6) is 0 Å². The molecule has 0 aliphatic rings. The van der Waals surface area contributed by atoms with E-state index in [1.54, 1.807) is 36.4 Å². The van der Waals surface area contributed by atoms with Crippen LogP contribution in [-0.4, -0.2) is 41.1 Å². The fraction of sp³-hybridized carbons (Fsp3) is 0.640. The molecule has 1 atom stereocenters. The van der Waals surface area contributed by atoms with Gasteiger partial charge < -0.3 is 14.5 Å². The third-order valence-electron chi connectivity index (χ3n) is 5.70. The van der Waals surface area contributed by atoms with Crippen LogP contribution in [0.2, 0.25) is 16.6 Å². The van der Waals surface area contributed by atoms with Crippen LogP contribution >= 0.6 is 0 Å². The van der Waals surface area contributed by atoms with Gasteiger partial charge in [0, 0.05) is 12.0 Å². The molecule has 0 saturated heterocycles. The summed E-state index contributed by atoms with van der Waals surface area (Å²) < 4.78 is 37.8. The number of sulfone groups is 1. The van der Waals surface area contributed by atoms with Crippen molar-refractivity contribution >= 4 is 24.2 Å². The Hall–Kier alpha value is -1.64. The van der Waals surface area contributed by atoms with Crippen LogP contribution in [0.4, 0.5) is 4.79 Å². The normalized spacial score (nSPS) is 14.3. The quantitative estimate of drug-likeness (QED) is 0.355. The molecule has 1 aromatic carbocycles. The first-order valence-electron chi connectivity index (χ1n) is 11.7. The highest BCUT2D eigenvalue weighted by atomic mass is 32.2. The Labute approximate surface area is 202 Å². The standard InChI is InChI=1S/C25H43NO5SSi/c1-19(2)33(20(3)4,21(5)6)31-22(15-17-26-24(27)30-25(7,8)9)16-18-32(28,29)23-13-11-10-12-14-23/h10-14,16,18-22H,15,17H2,1-9H3,(H,26,27)/b18-16+/t22-/m1/s1. The van der Waals surface area contributed by atoms with Crippen molar-refractivity contribution in [3.8, 4) is 0 Å². The largest absolute Gasteiger partial charge is 0.444 e. The van der Waals surface area contributed by atoms with Crippen molar-refractivity contribution in [3.05, 3.63) is 41.8 Å². The molecular weight excluding hydrogens is 454 g/mol. The Kier molecular flexibility index (Phi) is 10.8. The molecule has 0 bridgehead atoms. The molecule has 0 unspecified atom stereocenters. The Bertz CT molecular complexity index is 852. The number of hydrogen-bond donors (Lipinski definition) is 1. The van der Waals surface area contributed by atoms with E-state index >= 15 is 0 Å². The highest BCUT2D eigenvalue weighted by molar-refractivity contribution is 7.94. The number of ether oxygens (including phenoxy) is 1. The SMILES string of the molecule is CC(C)[Si](O[C@@H](/C=C/S(=O)(=O)c1ccccc1)CCNC(=O)OC(C)(C)C)(C(C)C)C(C)C. The van der Waals surface area contributed by atoms with Gasteiger partial charge in [0.15, 0.2) is 9.84 Å². The molecule has 0 radical (unpaired) electrons. The predicted molar refractivity (Wildman–Crippen MR) is 138 cm³/mol. The fourth-order valence-corrected chi connectivity index (χ4v) is 11.0. The smallest absolute Gasteiger partial charge is 0.407 e. The maximum Gasteiger partial charge on any atom is 0.407 e. The van der Waals surface area contributed by atoms with Crippen LogP contribution < -0.4 is 5.32 Å². The van der Waals surface area contributed by atoms with Crippen molar-refractivity contribution in [1.82, 2.24) is 5.32 Å². The first-order valence-corrected chi connectivity index (χ1v) is 15.4. The van der Waals surface area contributed by atoms with E-state index in [0.29, 0.717) is 29.6 Å². The van der Waals surface area contributed by atoms with Crippen molar-refractivity contribution in [1.29, 1.82) is 0 Å². The van der Waals surface area contributed by atoms with Crippen molar-refractivity contribution in [2.75, 3.05) is 6.54 Å². The number of carbonyl (C=O) groups excluding carboxylic acids is 1. The summed E-state index contributed by atoms with van der Waals surface area (Å²) in [6.07, 6.45) is 1.13. The molecule has 8 heteroatoms. The molecule has 1 aromatic rings. The predicted octanol–water partition coefficient (Wildman–Crippen LogP) is 6.45. The van der Waals surface area contributed by atoms with Gasteiger partial charge >= 0.3 is 6.09 Å². The third kappa shape index (κ3) is 8.90. The molecule has 188 valence electrons. The van der Waals surface area contributed by atoms with E-state index < -0.39 is 36.0 Å². The van der Waals surface area contributed by atoms with Crippen molar-refractivity contribution in [3.63, 3.8) is 0 Å². The van der Waals surface area contributed by atoms with Gasteiger partial charge in [0.2, 0.25) is 8.32 Å². The van der Waals surface area contributed by atoms with Crippen molar-refractivity contribution in [2.24, 2.45) is 0 Å². The first kappa shape index (κ1) is 29.4. The second-order valence-electron chi connectivity index (χ2n) is 10.4. The molecule has 6 nitrogen and oxygen atoms in total. The molecular formula is C25H43NO5SSi. The highest BCUT2D eigenvalue weighted by Gasteiger charge is 2.46. The number of carbonyl (C=O) groups is 1. The molecule has 1 N–H and O–H groups in total. The zero-order chi connectivity index (χ0) is 25.4. The van der Waals surface area contributed by atoms with Crippen LogP contribution in [0, 0.1) is 0 Å². The Balaban J connectivity index is 3.16. The van der Waals surface area contributed by atoms with E-state index in [2.05, 4.69) is 46.9 Å². The van der Waals surface area contributed by atoms with Gasteiger partial charge in [0.05, 0.1) is 11.0 Å². The fourth-order valence-electron chi connectivity index (χ4n) is 4.38. The molecule has 0 aliphatic heterocycles. The summed E-state index contributed by atoms with van der Waals surface area (Å²) in [5.41, 5.74) is 0.451. The van der Waals surface area contributed by atoms with E-state index in [1.807, 2.05) is 20.8 Å². The average molecular weight is 498 g/mol. The third-order valence-corrected chi connectivity index (χ3v) is 13.3. The topological polar surface area (TPSA) is 81.7 Å². The van der Waals surface area contributed by atoms with Crippen molar-refractivity contribution < 1.29 is 22.4 Å². The molecule has 0 heterocycles. The van der Waals surface area contributed by atoms with Crippen LogP contribution in [0.15, 0.2) is 46.7 Å². The van der Waals surface area contributed by atoms with Crippen LogP contribution in [-0.2, 0) is 19.0 Å². The maximum absolute atomic E-state index is 12.8. The number of benzene rings is 1. The zero-order valence-electron chi connectivity index (χ0n) is 21.7. The highest BCUT2D eigenvalue weighted by Crippen LogP contribution is 2.43. The molecule has 1 rings (SSSR count). The summed E-state index contributed by atoms with van der Waals surface area (Å²) in [5, 5.41) is 4.00. The molecule has 33 heavy (non-hydrogen) atoms. The summed E-state index contributed by atoms with van der Waals surface area (Å²) >= 11 is 0. The number of rotatable bonds is 11. The minimum atomic E-state index is -3.59. The van der Waals surface area contributed by atoms with E-state index in [1.165, 1.54) is 5.41 Å². The number of amides is 1. The zero-order valence-corrected chi connectivity index (χ0v) is 23.5. The molecule has 0 spiro atoms. The summed E-state index contributed by atoms with van der Waals surface area (Å²) in [7, 11) is -5.87. The average Bonchev–Trinajstić information content (AvgIpc) is 2.68.